The molecule has 2 heterocycles. The number of fused-ring (bicyclic) bond motifs is 2. The summed E-state index contributed by atoms with van der Waals surface area (Å²) in [6.45, 7) is 2.91. The second-order valence-corrected chi connectivity index (χ2v) is 16.3. The summed E-state index contributed by atoms with van der Waals surface area (Å²) in [7, 11) is 0. The van der Waals surface area contributed by atoms with E-state index in [-0.39, 0.29) is 81.6 Å². The van der Waals surface area contributed by atoms with Crippen LogP contribution in [0.5, 0.6) is 46.0 Å². The maximum Gasteiger partial charge on any atom is 0.573 e. The first-order valence-corrected chi connectivity index (χ1v) is 21.0. The van der Waals surface area contributed by atoms with E-state index < -0.39 is 88.6 Å². The molecule has 0 amide bonds. The first kappa shape index (κ1) is 47.8. The van der Waals surface area contributed by atoms with Gasteiger partial charge in [0.25, 0.3) is 0 Å². The first-order valence-electron chi connectivity index (χ1n) is 21.0. The zero-order valence-corrected chi connectivity index (χ0v) is 35.5. The number of hydrogen-bond donors (Lipinski definition) is 0. The summed E-state index contributed by atoms with van der Waals surface area (Å²) in [5.74, 6) is -4.28. The van der Waals surface area contributed by atoms with E-state index >= 15 is 26.3 Å². The van der Waals surface area contributed by atoms with Gasteiger partial charge in [-0.1, -0.05) is 25.7 Å². The predicted octanol–water partition coefficient (Wildman–Crippen LogP) is 15.7. The molecule has 21 heteroatoms. The van der Waals surface area contributed by atoms with E-state index in [2.05, 4.69) is 19.4 Å². The van der Waals surface area contributed by atoms with E-state index in [1.165, 1.54) is 38.1 Å². The largest absolute Gasteiger partial charge is 0.573 e. The molecule has 2 aliphatic rings. The molecule has 9 nitrogen and oxygen atoms in total. The lowest BCUT2D eigenvalue weighted by Crippen LogP contribution is -2.22. The molecule has 2 saturated carbocycles. The van der Waals surface area contributed by atoms with E-state index in [1.54, 1.807) is 0 Å². The molecule has 2 aliphatic carbocycles. The molecule has 0 spiro atoms. The van der Waals surface area contributed by atoms with Gasteiger partial charge in [0.15, 0.2) is 11.4 Å². The third kappa shape index (κ3) is 10.7. The molecule has 4 aromatic carbocycles. The van der Waals surface area contributed by atoms with Crippen LogP contribution in [0, 0.1) is 13.8 Å². The van der Waals surface area contributed by atoms with Crippen LogP contribution in [0.25, 0.3) is 21.8 Å². The van der Waals surface area contributed by atoms with Gasteiger partial charge < -0.3 is 28.4 Å². The quantitative estimate of drug-likeness (QED) is 0.0982. The van der Waals surface area contributed by atoms with Crippen molar-refractivity contribution < 1.29 is 85.9 Å². The van der Waals surface area contributed by atoms with Crippen LogP contribution in [0.2, 0.25) is 0 Å². The van der Waals surface area contributed by atoms with Crippen LogP contribution in [0.15, 0.2) is 72.8 Å². The minimum Gasteiger partial charge on any atom is -0.457 e. The van der Waals surface area contributed by atoms with E-state index in [9.17, 15) is 31.1 Å². The Morgan fingerprint density at radius 2 is 0.824 bits per heavy atom. The highest BCUT2D eigenvalue weighted by Gasteiger charge is 2.44. The van der Waals surface area contributed by atoms with Gasteiger partial charge in [0.05, 0.1) is 11.0 Å². The summed E-state index contributed by atoms with van der Waals surface area (Å²) in [6.07, 6.45) is -19.0. The normalized spacial score (nSPS) is 15.3. The topological polar surface area (TPSA) is 98.2 Å². The van der Waals surface area contributed by atoms with Crippen LogP contribution in [-0.4, -0.2) is 28.8 Å². The summed E-state index contributed by atoms with van der Waals surface area (Å²) in [6, 6.07) is 13.3. The highest BCUT2D eigenvalue weighted by atomic mass is 19.4. The summed E-state index contributed by atoms with van der Waals surface area (Å²) >= 11 is 0. The van der Waals surface area contributed by atoms with Crippen LogP contribution in [0.3, 0.4) is 0 Å². The highest BCUT2D eigenvalue weighted by Crippen LogP contribution is 2.51. The SMILES string of the molecule is Cc1cc2nc(C(F)(F)F)c(C3CCCC3)c(OC(=O)Oc3c(C4CCCC4)c(C(F)(F)F)nc4cc(C)c(Oc5ccc(OC(F)(F)F)cc5)cc34)c2cc1Oc1ccc(OC(F)(F)F)cc1. The number of ether oxygens (including phenoxy) is 6. The second-order valence-electron chi connectivity index (χ2n) is 16.3. The van der Waals surface area contributed by atoms with Crippen molar-refractivity contribution in [1.29, 1.82) is 0 Å². The Labute approximate surface area is 377 Å². The zero-order valence-electron chi connectivity index (χ0n) is 35.5. The smallest absolute Gasteiger partial charge is 0.457 e. The Bertz CT molecular complexity index is 2660. The fourth-order valence-corrected chi connectivity index (χ4v) is 8.68. The van der Waals surface area contributed by atoms with Gasteiger partial charge in [-0.15, -0.1) is 26.3 Å². The van der Waals surface area contributed by atoms with Gasteiger partial charge >= 0.3 is 31.2 Å². The molecule has 2 fully saturated rings. The molecule has 0 unspecified atom stereocenters. The summed E-state index contributed by atoms with van der Waals surface area (Å²) in [5, 5.41) is -0.391. The average Bonchev–Trinajstić information content (AvgIpc) is 3.97. The molecule has 360 valence electrons. The van der Waals surface area contributed by atoms with E-state index in [4.69, 9.17) is 18.9 Å². The van der Waals surface area contributed by atoms with Crippen molar-refractivity contribution >= 4 is 28.0 Å². The van der Waals surface area contributed by atoms with Crippen molar-refractivity contribution in [2.45, 2.75) is 102 Å². The van der Waals surface area contributed by atoms with Crippen molar-refractivity contribution in [1.82, 2.24) is 9.97 Å². The van der Waals surface area contributed by atoms with Crippen LogP contribution >= 0.6 is 0 Å². The maximum atomic E-state index is 15.0. The van der Waals surface area contributed by atoms with Gasteiger partial charge in [-0.2, -0.15) is 26.3 Å². The van der Waals surface area contributed by atoms with Gasteiger partial charge in [0, 0.05) is 21.9 Å². The van der Waals surface area contributed by atoms with Crippen molar-refractivity contribution in [2.24, 2.45) is 0 Å². The lowest BCUT2D eigenvalue weighted by molar-refractivity contribution is -0.275. The number of aromatic nitrogens is 2. The molecule has 8 rings (SSSR count). The van der Waals surface area contributed by atoms with Gasteiger partial charge in [-0.05, 0) is 135 Å². The molecule has 0 N–H and O–H groups in total. The Balaban J connectivity index is 1.25. The Morgan fingerprint density at radius 1 is 0.500 bits per heavy atom. The van der Waals surface area contributed by atoms with Crippen LogP contribution < -0.4 is 28.4 Å². The Morgan fingerprint density at radius 3 is 1.13 bits per heavy atom. The van der Waals surface area contributed by atoms with Gasteiger partial charge in [-0.25, -0.2) is 14.8 Å². The number of nitrogens with zero attached hydrogens (tertiary/aromatic N) is 2. The number of alkyl halides is 12. The van der Waals surface area contributed by atoms with E-state index in [0.29, 0.717) is 25.7 Å². The minimum absolute atomic E-state index is 0.0183. The Kier molecular flexibility index (Phi) is 12.7. The zero-order chi connectivity index (χ0) is 48.9. The van der Waals surface area contributed by atoms with Crippen molar-refractivity contribution in [2.75, 3.05) is 0 Å². The number of halogens is 12. The molecule has 0 bridgehead atoms. The lowest BCUT2D eigenvalue weighted by Gasteiger charge is -2.24. The first-order chi connectivity index (χ1) is 31.9. The number of hydrogen-bond acceptors (Lipinski definition) is 9. The number of carbonyl (C=O) groups excluding carboxylic acids is 1. The molecule has 0 aliphatic heterocycles. The van der Waals surface area contributed by atoms with Gasteiger partial charge in [0.2, 0.25) is 0 Å². The number of rotatable bonds is 10. The average molecular weight is 969 g/mol. The molecule has 0 radical (unpaired) electrons. The molecule has 68 heavy (non-hydrogen) atoms. The van der Waals surface area contributed by atoms with E-state index in [0.717, 1.165) is 48.5 Å². The van der Waals surface area contributed by atoms with Gasteiger partial charge in [-0.3, -0.25) is 0 Å². The number of benzene rings is 4. The Hall–Kier alpha value is -6.67. The second kappa shape index (κ2) is 18.1. The molecule has 0 saturated heterocycles. The summed E-state index contributed by atoms with van der Waals surface area (Å²) in [4.78, 5) is 22.3. The van der Waals surface area contributed by atoms with Gasteiger partial charge in [0.1, 0.15) is 46.0 Å². The lowest BCUT2D eigenvalue weighted by atomic mass is 9.92. The van der Waals surface area contributed by atoms with Crippen molar-refractivity contribution in [3.05, 3.63) is 106 Å². The van der Waals surface area contributed by atoms with Crippen LogP contribution in [0.1, 0.15) is 96.8 Å². The minimum atomic E-state index is -5.10. The summed E-state index contributed by atoms with van der Waals surface area (Å²) < 4.78 is 198. The van der Waals surface area contributed by atoms with Crippen LogP contribution in [0.4, 0.5) is 57.5 Å². The number of aryl methyl sites for hydroxylation is 2. The molecular weight excluding hydrogens is 932 g/mol. The molecular formula is C47H36F12N2O7. The number of carbonyl (C=O) groups is 1. The molecule has 6 aromatic rings. The third-order valence-corrected chi connectivity index (χ3v) is 11.5. The van der Waals surface area contributed by atoms with E-state index in [1.807, 2.05) is 0 Å². The standard InChI is InChI=1S/C47H36F12N2O7/c1-23-19-33-31(21-35(23)63-27-11-15-29(16-12-27)67-46(54,55)56)39(37(25-7-3-4-8-25)41(60-33)44(48,49)50)65-43(62)66-40-32-22-36(64-28-13-17-30(18-14-28)68-47(57,58)59)24(2)20-34(32)61-42(45(51,52)53)38(40)26-9-5-6-10-26/h11-22,25-26H,3-10H2,1-2H3. The molecule has 0 atom stereocenters. The predicted molar refractivity (Wildman–Crippen MR) is 218 cm³/mol. The summed E-state index contributed by atoms with van der Waals surface area (Å²) in [5.41, 5.74) is -3.99. The van der Waals surface area contributed by atoms with Crippen molar-refractivity contribution in [3.63, 3.8) is 0 Å². The fourth-order valence-electron chi connectivity index (χ4n) is 8.68. The maximum absolute atomic E-state index is 15.0. The van der Waals surface area contributed by atoms with Crippen molar-refractivity contribution in [3.8, 4) is 46.0 Å². The highest BCUT2D eigenvalue weighted by molar-refractivity contribution is 5.94. The monoisotopic (exact) mass is 968 g/mol. The fraction of sp³-hybridized carbons (Fsp3) is 0.340. The van der Waals surface area contributed by atoms with Crippen LogP contribution in [-0.2, 0) is 12.4 Å². The molecule has 2 aromatic heterocycles. The third-order valence-electron chi connectivity index (χ3n) is 11.5. The number of pyridine rings is 2.